The molecule has 0 atom stereocenters. The van der Waals surface area contributed by atoms with Crippen molar-refractivity contribution in [1.29, 1.82) is 0 Å². The first-order chi connectivity index (χ1) is 9.13. The first kappa shape index (κ1) is 15.7. The molecule has 0 aliphatic heterocycles. The summed E-state index contributed by atoms with van der Waals surface area (Å²) in [6.07, 6.45) is 9.23. The standard InChI is InChI=1S/C15H26N2O2/c1-3-11-17(13(2)18)12-10-15(19)16-14-8-6-4-5-7-9-14/h3,14H,1,4-12H2,2H3,(H,16,19). The highest BCUT2D eigenvalue weighted by atomic mass is 16.2. The SMILES string of the molecule is C=CCN(CCC(=O)NC1CCCCCC1)C(C)=O. The highest BCUT2D eigenvalue weighted by molar-refractivity contribution is 5.78. The Labute approximate surface area is 116 Å². The van der Waals surface area contributed by atoms with Crippen LogP contribution in [0.3, 0.4) is 0 Å². The minimum absolute atomic E-state index is 0.0119. The third kappa shape index (κ3) is 6.41. The molecule has 0 radical (unpaired) electrons. The molecule has 0 spiro atoms. The molecule has 108 valence electrons. The van der Waals surface area contributed by atoms with Crippen molar-refractivity contribution in [2.45, 2.75) is 57.9 Å². The van der Waals surface area contributed by atoms with Gasteiger partial charge in [-0.3, -0.25) is 9.59 Å². The van der Waals surface area contributed by atoms with Crippen molar-refractivity contribution in [3.63, 3.8) is 0 Å². The van der Waals surface area contributed by atoms with Gasteiger partial charge in [-0.25, -0.2) is 0 Å². The molecule has 1 fully saturated rings. The number of hydrogen-bond donors (Lipinski definition) is 1. The van der Waals surface area contributed by atoms with Crippen molar-refractivity contribution in [1.82, 2.24) is 10.2 Å². The number of nitrogens with zero attached hydrogens (tertiary/aromatic N) is 1. The molecule has 0 bridgehead atoms. The maximum absolute atomic E-state index is 11.9. The van der Waals surface area contributed by atoms with E-state index in [1.165, 1.54) is 32.6 Å². The summed E-state index contributed by atoms with van der Waals surface area (Å²) in [5.41, 5.74) is 0. The fraction of sp³-hybridized carbons (Fsp3) is 0.733. The second-order valence-electron chi connectivity index (χ2n) is 5.26. The second kappa shape index (κ2) is 8.73. The molecule has 1 N–H and O–H groups in total. The summed E-state index contributed by atoms with van der Waals surface area (Å²) in [4.78, 5) is 24.8. The van der Waals surface area contributed by atoms with E-state index >= 15 is 0 Å². The van der Waals surface area contributed by atoms with Crippen molar-refractivity contribution in [3.05, 3.63) is 12.7 Å². The van der Waals surface area contributed by atoms with E-state index in [9.17, 15) is 9.59 Å². The van der Waals surface area contributed by atoms with E-state index in [0.717, 1.165) is 12.8 Å². The highest BCUT2D eigenvalue weighted by Gasteiger charge is 2.15. The summed E-state index contributed by atoms with van der Waals surface area (Å²) in [6.45, 7) is 6.12. The topological polar surface area (TPSA) is 49.4 Å². The molecule has 0 saturated heterocycles. The Morgan fingerprint density at radius 1 is 1.26 bits per heavy atom. The van der Waals surface area contributed by atoms with Crippen LogP contribution in [0, 0.1) is 0 Å². The zero-order chi connectivity index (χ0) is 14.1. The van der Waals surface area contributed by atoms with Gasteiger partial charge in [0.15, 0.2) is 0 Å². The van der Waals surface area contributed by atoms with Gasteiger partial charge < -0.3 is 10.2 Å². The molecule has 1 aliphatic rings. The molecule has 1 rings (SSSR count). The van der Waals surface area contributed by atoms with Gasteiger partial charge in [-0.2, -0.15) is 0 Å². The van der Waals surface area contributed by atoms with Gasteiger partial charge in [0.05, 0.1) is 0 Å². The van der Waals surface area contributed by atoms with E-state index in [4.69, 9.17) is 0 Å². The van der Waals surface area contributed by atoms with Gasteiger partial charge >= 0.3 is 0 Å². The van der Waals surface area contributed by atoms with Gasteiger partial charge in [0.2, 0.25) is 11.8 Å². The van der Waals surface area contributed by atoms with Crippen LogP contribution in [0.1, 0.15) is 51.9 Å². The largest absolute Gasteiger partial charge is 0.353 e. The zero-order valence-corrected chi connectivity index (χ0v) is 12.0. The predicted octanol–water partition coefficient (Wildman–Crippen LogP) is 2.25. The monoisotopic (exact) mass is 266 g/mol. The maximum atomic E-state index is 11.9. The van der Waals surface area contributed by atoms with E-state index in [0.29, 0.717) is 25.6 Å². The number of rotatable bonds is 6. The Balaban J connectivity index is 2.29. The molecule has 0 heterocycles. The summed E-state index contributed by atoms with van der Waals surface area (Å²) in [6, 6.07) is 0.334. The molecule has 4 heteroatoms. The molecular weight excluding hydrogens is 240 g/mol. The predicted molar refractivity (Wildman–Crippen MR) is 76.7 cm³/mol. The number of hydrogen-bond acceptors (Lipinski definition) is 2. The average Bonchev–Trinajstić information content (AvgIpc) is 2.62. The van der Waals surface area contributed by atoms with E-state index in [-0.39, 0.29) is 11.8 Å². The van der Waals surface area contributed by atoms with Gasteiger partial charge in [0, 0.05) is 32.5 Å². The molecule has 2 amide bonds. The summed E-state index contributed by atoms with van der Waals surface area (Å²) in [5.74, 6) is 0.0457. The number of amides is 2. The first-order valence-electron chi connectivity index (χ1n) is 7.29. The molecule has 0 aromatic rings. The van der Waals surface area contributed by atoms with Gasteiger partial charge in [-0.15, -0.1) is 6.58 Å². The van der Waals surface area contributed by atoms with Crippen LogP contribution >= 0.6 is 0 Å². The van der Waals surface area contributed by atoms with Crippen molar-refractivity contribution < 1.29 is 9.59 Å². The number of carbonyl (C=O) groups excluding carboxylic acids is 2. The van der Waals surface area contributed by atoms with Crippen molar-refractivity contribution >= 4 is 11.8 Å². The third-order valence-electron chi connectivity index (χ3n) is 3.62. The molecule has 0 unspecified atom stereocenters. The quantitative estimate of drug-likeness (QED) is 0.592. The fourth-order valence-electron chi connectivity index (χ4n) is 2.49. The van der Waals surface area contributed by atoms with Crippen LogP contribution in [0.25, 0.3) is 0 Å². The molecule has 0 aromatic heterocycles. The normalized spacial score (nSPS) is 16.5. The minimum Gasteiger partial charge on any atom is -0.353 e. The Bertz CT molecular complexity index is 307. The minimum atomic E-state index is -0.0119. The lowest BCUT2D eigenvalue weighted by Gasteiger charge is -2.20. The van der Waals surface area contributed by atoms with E-state index in [1.807, 2.05) is 0 Å². The van der Waals surface area contributed by atoms with Crippen LogP contribution < -0.4 is 5.32 Å². The van der Waals surface area contributed by atoms with Gasteiger partial charge in [-0.1, -0.05) is 31.8 Å². The van der Waals surface area contributed by atoms with Gasteiger partial charge in [0.1, 0.15) is 0 Å². The van der Waals surface area contributed by atoms with Gasteiger partial charge in [0.25, 0.3) is 0 Å². The smallest absolute Gasteiger partial charge is 0.221 e. The van der Waals surface area contributed by atoms with Crippen molar-refractivity contribution in [3.8, 4) is 0 Å². The maximum Gasteiger partial charge on any atom is 0.221 e. The van der Waals surface area contributed by atoms with Crippen LogP contribution in [0.4, 0.5) is 0 Å². The Hall–Kier alpha value is -1.32. The Kier molecular flexibility index (Phi) is 7.23. The van der Waals surface area contributed by atoms with E-state index < -0.39 is 0 Å². The zero-order valence-electron chi connectivity index (χ0n) is 12.0. The molecule has 19 heavy (non-hydrogen) atoms. The molecular formula is C15H26N2O2. The van der Waals surface area contributed by atoms with Crippen LogP contribution in [0.5, 0.6) is 0 Å². The van der Waals surface area contributed by atoms with Crippen LogP contribution in [-0.4, -0.2) is 35.8 Å². The lowest BCUT2D eigenvalue weighted by Crippen LogP contribution is -2.38. The lowest BCUT2D eigenvalue weighted by atomic mass is 10.1. The van der Waals surface area contributed by atoms with Crippen LogP contribution in [0.2, 0.25) is 0 Å². The summed E-state index contributed by atoms with van der Waals surface area (Å²) < 4.78 is 0. The fourth-order valence-corrected chi connectivity index (χ4v) is 2.49. The van der Waals surface area contributed by atoms with Crippen LogP contribution in [-0.2, 0) is 9.59 Å². The number of nitrogens with one attached hydrogen (secondary N) is 1. The summed E-state index contributed by atoms with van der Waals surface area (Å²) in [5, 5.41) is 3.09. The molecule has 1 aliphatic carbocycles. The molecule has 1 saturated carbocycles. The molecule has 4 nitrogen and oxygen atoms in total. The third-order valence-corrected chi connectivity index (χ3v) is 3.62. The summed E-state index contributed by atoms with van der Waals surface area (Å²) >= 11 is 0. The van der Waals surface area contributed by atoms with Crippen molar-refractivity contribution in [2.24, 2.45) is 0 Å². The van der Waals surface area contributed by atoms with Crippen molar-refractivity contribution in [2.75, 3.05) is 13.1 Å². The van der Waals surface area contributed by atoms with E-state index in [1.54, 1.807) is 11.0 Å². The molecule has 0 aromatic carbocycles. The second-order valence-corrected chi connectivity index (χ2v) is 5.26. The first-order valence-corrected chi connectivity index (χ1v) is 7.29. The summed E-state index contributed by atoms with van der Waals surface area (Å²) in [7, 11) is 0. The van der Waals surface area contributed by atoms with E-state index in [2.05, 4.69) is 11.9 Å². The average molecular weight is 266 g/mol. The van der Waals surface area contributed by atoms with Crippen LogP contribution in [0.15, 0.2) is 12.7 Å². The number of carbonyl (C=O) groups is 2. The lowest BCUT2D eigenvalue weighted by molar-refractivity contribution is -0.129. The Morgan fingerprint density at radius 2 is 1.89 bits per heavy atom. The highest BCUT2D eigenvalue weighted by Crippen LogP contribution is 2.17. The van der Waals surface area contributed by atoms with Gasteiger partial charge in [-0.05, 0) is 12.8 Å². The Morgan fingerprint density at radius 3 is 2.42 bits per heavy atom.